The molecule has 1 N–H and O–H groups in total. The van der Waals surface area contributed by atoms with Crippen LogP contribution in [0.1, 0.15) is 12.0 Å². The first-order valence-corrected chi connectivity index (χ1v) is 11.9. The highest BCUT2D eigenvalue weighted by Crippen LogP contribution is 2.29. The van der Waals surface area contributed by atoms with Gasteiger partial charge in [-0.2, -0.15) is 18.2 Å². The van der Waals surface area contributed by atoms with Crippen LogP contribution in [0.15, 0.2) is 36.8 Å². The van der Waals surface area contributed by atoms with E-state index in [1.54, 1.807) is 6.07 Å². The molecular weight excluding hydrogens is 541 g/mol. The van der Waals surface area contributed by atoms with E-state index >= 15 is 0 Å². The topological polar surface area (TPSA) is 156 Å². The maximum absolute atomic E-state index is 12.6. The van der Waals surface area contributed by atoms with Crippen LogP contribution in [0.2, 0.25) is 0 Å². The lowest BCUT2D eigenvalue weighted by Crippen LogP contribution is -2.33. The zero-order valence-electron chi connectivity index (χ0n) is 21.4. The highest BCUT2D eigenvalue weighted by atomic mass is 19.4. The molecule has 0 aromatic carbocycles. The van der Waals surface area contributed by atoms with E-state index in [1.807, 2.05) is 0 Å². The first-order valence-electron chi connectivity index (χ1n) is 11.9. The van der Waals surface area contributed by atoms with Crippen LogP contribution in [-0.4, -0.2) is 92.8 Å². The SMILES string of the molecule is COc1nccc(OC2COC(C(=O)Nc3cn(CC(=O)N(C)CCOc4ccc(C(F)(F)F)cn4)nn3)C2)n1. The van der Waals surface area contributed by atoms with Gasteiger partial charge in [0.15, 0.2) is 5.82 Å². The van der Waals surface area contributed by atoms with Crippen LogP contribution >= 0.6 is 0 Å². The predicted octanol–water partition coefficient (Wildman–Crippen LogP) is 1.20. The maximum atomic E-state index is 12.6. The van der Waals surface area contributed by atoms with Crippen molar-refractivity contribution >= 4 is 17.6 Å². The third kappa shape index (κ3) is 7.75. The van der Waals surface area contributed by atoms with Crippen molar-refractivity contribution in [3.05, 3.63) is 42.4 Å². The molecule has 2 amide bonds. The van der Waals surface area contributed by atoms with Crippen LogP contribution in [0, 0.1) is 0 Å². The molecule has 17 heteroatoms. The number of ether oxygens (including phenoxy) is 4. The van der Waals surface area contributed by atoms with Crippen LogP contribution in [0.4, 0.5) is 19.0 Å². The number of amides is 2. The Hall–Kier alpha value is -4.54. The van der Waals surface area contributed by atoms with Gasteiger partial charge in [-0.1, -0.05) is 5.21 Å². The molecular formula is C23H25F3N8O6. The molecule has 1 fully saturated rings. The Morgan fingerprint density at radius 1 is 1.23 bits per heavy atom. The van der Waals surface area contributed by atoms with E-state index in [4.69, 9.17) is 18.9 Å². The highest BCUT2D eigenvalue weighted by Gasteiger charge is 2.33. The second-order valence-corrected chi connectivity index (χ2v) is 8.52. The zero-order chi connectivity index (χ0) is 28.7. The molecule has 4 heterocycles. The number of hydrogen-bond donors (Lipinski definition) is 1. The number of halogens is 3. The molecule has 0 bridgehead atoms. The molecule has 4 rings (SSSR count). The Morgan fingerprint density at radius 2 is 2.05 bits per heavy atom. The largest absolute Gasteiger partial charge is 0.476 e. The first-order chi connectivity index (χ1) is 19.1. The minimum Gasteiger partial charge on any atom is -0.476 e. The molecule has 14 nitrogen and oxygen atoms in total. The van der Waals surface area contributed by atoms with Crippen molar-refractivity contribution in [2.75, 3.05) is 39.2 Å². The van der Waals surface area contributed by atoms with E-state index in [0.717, 1.165) is 12.1 Å². The summed E-state index contributed by atoms with van der Waals surface area (Å²) < 4.78 is 60.6. The molecule has 0 aliphatic carbocycles. The second kappa shape index (κ2) is 12.5. The number of methoxy groups -OCH3 is 1. The Kier molecular flexibility index (Phi) is 8.93. The fraction of sp³-hybridized carbons (Fsp3) is 0.435. The number of anilines is 1. The Balaban J connectivity index is 1.18. The van der Waals surface area contributed by atoms with Crippen molar-refractivity contribution < 1.29 is 41.7 Å². The lowest BCUT2D eigenvalue weighted by atomic mass is 10.2. The number of pyridine rings is 1. The van der Waals surface area contributed by atoms with E-state index < -0.39 is 29.9 Å². The smallest absolute Gasteiger partial charge is 0.417 e. The highest BCUT2D eigenvalue weighted by molar-refractivity contribution is 5.93. The minimum atomic E-state index is -4.49. The van der Waals surface area contributed by atoms with Crippen molar-refractivity contribution in [1.29, 1.82) is 0 Å². The summed E-state index contributed by atoms with van der Waals surface area (Å²) in [4.78, 5) is 38.0. The number of alkyl halides is 3. The normalized spacial score (nSPS) is 16.8. The van der Waals surface area contributed by atoms with Gasteiger partial charge in [0, 0.05) is 38.0 Å². The van der Waals surface area contributed by atoms with Crippen LogP contribution < -0.4 is 19.5 Å². The molecule has 1 saturated heterocycles. The summed E-state index contributed by atoms with van der Waals surface area (Å²) in [6, 6.07) is 3.69. The van der Waals surface area contributed by atoms with Gasteiger partial charge >= 0.3 is 12.2 Å². The van der Waals surface area contributed by atoms with Gasteiger partial charge in [0.2, 0.25) is 17.7 Å². The lowest BCUT2D eigenvalue weighted by molar-refractivity contribution is -0.138. The average molecular weight is 566 g/mol. The summed E-state index contributed by atoms with van der Waals surface area (Å²) in [7, 11) is 2.96. The predicted molar refractivity (Wildman–Crippen MR) is 128 cm³/mol. The van der Waals surface area contributed by atoms with Crippen LogP contribution in [-0.2, 0) is 27.0 Å². The van der Waals surface area contributed by atoms with Gasteiger partial charge in [-0.05, 0) is 6.07 Å². The third-order valence-electron chi connectivity index (χ3n) is 5.58. The fourth-order valence-electron chi connectivity index (χ4n) is 3.47. The Bertz CT molecular complexity index is 1310. The van der Waals surface area contributed by atoms with Crippen molar-refractivity contribution in [2.45, 2.75) is 31.3 Å². The summed E-state index contributed by atoms with van der Waals surface area (Å²) in [5, 5.41) is 10.3. The number of carbonyl (C=O) groups excluding carboxylic acids is 2. The molecule has 3 aromatic rings. The van der Waals surface area contributed by atoms with Gasteiger partial charge in [0.1, 0.15) is 25.4 Å². The third-order valence-corrected chi connectivity index (χ3v) is 5.58. The quantitative estimate of drug-likeness (QED) is 0.356. The molecule has 1 aliphatic rings. The number of hydrogen-bond acceptors (Lipinski definition) is 11. The lowest BCUT2D eigenvalue weighted by Gasteiger charge is -2.17. The fourth-order valence-corrected chi connectivity index (χ4v) is 3.47. The number of rotatable bonds is 11. The van der Waals surface area contributed by atoms with Gasteiger partial charge in [0.05, 0.1) is 32.0 Å². The molecule has 0 radical (unpaired) electrons. The molecule has 1 aliphatic heterocycles. The van der Waals surface area contributed by atoms with E-state index in [9.17, 15) is 22.8 Å². The van der Waals surface area contributed by atoms with Gasteiger partial charge in [-0.25, -0.2) is 14.6 Å². The summed E-state index contributed by atoms with van der Waals surface area (Å²) >= 11 is 0. The molecule has 40 heavy (non-hydrogen) atoms. The van der Waals surface area contributed by atoms with E-state index in [1.165, 1.54) is 36.1 Å². The second-order valence-electron chi connectivity index (χ2n) is 8.52. The summed E-state index contributed by atoms with van der Waals surface area (Å²) in [6.45, 7) is 0.159. The van der Waals surface area contributed by atoms with Crippen molar-refractivity contribution in [3.63, 3.8) is 0 Å². The standard InChI is InChI=1S/C23H25F3N8O6/c1-33(7-8-38-18-4-3-14(10-28-18)23(24,25)26)20(35)12-34-11-17(31-32-34)29-21(36)16-9-15(13-39-16)40-19-5-6-27-22(30-19)37-2/h3-6,10-11,15-16H,7-9,12-13H2,1-2H3,(H,29,36). The van der Waals surface area contributed by atoms with E-state index in [2.05, 4.69) is 30.6 Å². The summed E-state index contributed by atoms with van der Waals surface area (Å²) in [5.41, 5.74) is -0.885. The zero-order valence-corrected chi connectivity index (χ0v) is 21.4. The van der Waals surface area contributed by atoms with Crippen LogP contribution in [0.3, 0.4) is 0 Å². The average Bonchev–Trinajstić information content (AvgIpc) is 3.58. The van der Waals surface area contributed by atoms with Gasteiger partial charge in [-0.3, -0.25) is 9.59 Å². The summed E-state index contributed by atoms with van der Waals surface area (Å²) in [5.74, 6) is -0.361. The molecule has 3 aromatic heterocycles. The molecule has 0 saturated carbocycles. The maximum Gasteiger partial charge on any atom is 0.417 e. The van der Waals surface area contributed by atoms with E-state index in [-0.39, 0.29) is 56.3 Å². The van der Waals surface area contributed by atoms with Crippen molar-refractivity contribution in [1.82, 2.24) is 34.8 Å². The molecule has 0 spiro atoms. The van der Waals surface area contributed by atoms with Gasteiger partial charge < -0.3 is 29.2 Å². The Morgan fingerprint density at radius 3 is 2.77 bits per heavy atom. The summed E-state index contributed by atoms with van der Waals surface area (Å²) in [6.07, 6.45) is -1.85. The number of nitrogens with one attached hydrogen (secondary N) is 1. The van der Waals surface area contributed by atoms with Gasteiger partial charge in [0.25, 0.3) is 5.91 Å². The minimum absolute atomic E-state index is 0.00361. The molecule has 2 atom stereocenters. The number of likely N-dealkylation sites (N-methyl/N-ethyl adjacent to an activating group) is 1. The van der Waals surface area contributed by atoms with Crippen LogP contribution in [0.25, 0.3) is 0 Å². The number of aromatic nitrogens is 6. The molecule has 214 valence electrons. The first kappa shape index (κ1) is 28.5. The van der Waals surface area contributed by atoms with E-state index in [0.29, 0.717) is 12.1 Å². The monoisotopic (exact) mass is 566 g/mol. The van der Waals surface area contributed by atoms with Crippen molar-refractivity contribution in [2.24, 2.45) is 0 Å². The molecule has 2 unspecified atom stereocenters. The van der Waals surface area contributed by atoms with Crippen molar-refractivity contribution in [3.8, 4) is 17.8 Å². The number of nitrogens with zero attached hydrogens (tertiary/aromatic N) is 7. The number of carbonyl (C=O) groups is 2. The van der Waals surface area contributed by atoms with Gasteiger partial charge in [-0.15, -0.1) is 5.10 Å². The van der Waals surface area contributed by atoms with Crippen LogP contribution in [0.5, 0.6) is 17.8 Å². The Labute approximate surface area is 225 Å².